The molecule has 0 aromatic heterocycles. The van der Waals surface area contributed by atoms with Crippen molar-refractivity contribution in [2.24, 2.45) is 0 Å². The average molecular weight is 338 g/mol. The monoisotopic (exact) mass is 337 g/mol. The van der Waals surface area contributed by atoms with Crippen molar-refractivity contribution in [2.45, 2.75) is 18.9 Å². The number of quaternary nitrogens is 1. The molecule has 1 N–H and O–H groups in total. The average Bonchev–Trinajstić information content (AvgIpc) is 2.46. The van der Waals surface area contributed by atoms with Gasteiger partial charge in [-0.2, -0.15) is 0 Å². The Labute approximate surface area is 135 Å². The van der Waals surface area contributed by atoms with Gasteiger partial charge in [-0.15, -0.1) is 0 Å². The predicted molar refractivity (Wildman–Crippen MR) is 87.6 cm³/mol. The number of hydrogen-bond acceptors (Lipinski definition) is 6. The Morgan fingerprint density at radius 1 is 1.05 bits per heavy atom. The molecule has 0 heterocycles. The van der Waals surface area contributed by atoms with Gasteiger partial charge in [0.1, 0.15) is 13.2 Å². The molecule has 132 valence electrons. The molecule has 0 aliphatic heterocycles. The summed E-state index contributed by atoms with van der Waals surface area (Å²) in [6, 6.07) is 0.747. The van der Waals surface area contributed by atoms with E-state index in [1.165, 1.54) is 0 Å². The van der Waals surface area contributed by atoms with Crippen LogP contribution in [0.3, 0.4) is 0 Å². The Morgan fingerprint density at radius 2 is 1.64 bits per heavy atom. The van der Waals surface area contributed by atoms with Crippen molar-refractivity contribution in [3.8, 4) is 0 Å². The molecule has 0 aromatic carbocycles. The molecule has 0 amide bonds. The first-order valence-corrected chi connectivity index (χ1v) is 9.54. The van der Waals surface area contributed by atoms with Gasteiger partial charge in [-0.1, -0.05) is 0 Å². The molecule has 0 radical (unpaired) electrons. The van der Waals surface area contributed by atoms with Crippen LogP contribution in [-0.2, 0) is 22.8 Å². The van der Waals surface area contributed by atoms with Gasteiger partial charge in [-0.3, -0.25) is 4.79 Å². The van der Waals surface area contributed by atoms with Crippen LogP contribution in [0, 0.1) is 0 Å². The molecule has 0 saturated carbocycles. The van der Waals surface area contributed by atoms with Crippen LogP contribution >= 0.6 is 0 Å². The van der Waals surface area contributed by atoms with E-state index in [2.05, 4.69) is 26.5 Å². The second-order valence-corrected chi connectivity index (χ2v) is 9.22. The van der Waals surface area contributed by atoms with E-state index in [9.17, 15) is 4.79 Å². The zero-order chi connectivity index (χ0) is 17.1. The van der Waals surface area contributed by atoms with Gasteiger partial charge in [0.25, 0.3) is 0 Å². The second-order valence-electron chi connectivity index (χ2n) is 6.13. The SMILES string of the molecule is CO[Si](CCCNCCC(=O)OCC[N+](C)(C)C)(OC)OC. The van der Waals surface area contributed by atoms with Crippen molar-refractivity contribution in [3.63, 3.8) is 0 Å². The Morgan fingerprint density at radius 3 is 2.14 bits per heavy atom. The predicted octanol–water partition coefficient (Wildman–Crippen LogP) is 0.484. The summed E-state index contributed by atoms with van der Waals surface area (Å²) in [5.74, 6) is -0.157. The number of likely N-dealkylation sites (N-methyl/N-ethyl adjacent to an activating group) is 1. The number of carbonyl (C=O) groups is 1. The molecule has 0 aliphatic rings. The number of hydrogen-bond donors (Lipinski definition) is 1. The van der Waals surface area contributed by atoms with Crippen molar-refractivity contribution in [1.82, 2.24) is 5.32 Å². The number of rotatable bonds is 13. The number of nitrogens with one attached hydrogen (secondary N) is 1. The molecular formula is C14H33N2O5Si+. The minimum absolute atomic E-state index is 0.157. The first kappa shape index (κ1) is 21.5. The van der Waals surface area contributed by atoms with E-state index in [1.54, 1.807) is 21.3 Å². The fraction of sp³-hybridized carbons (Fsp3) is 0.929. The van der Waals surface area contributed by atoms with E-state index in [0.29, 0.717) is 19.6 Å². The summed E-state index contributed by atoms with van der Waals surface area (Å²) in [7, 11) is 8.57. The van der Waals surface area contributed by atoms with E-state index in [4.69, 9.17) is 18.0 Å². The summed E-state index contributed by atoms with van der Waals surface area (Å²) in [5, 5.41) is 3.22. The summed E-state index contributed by atoms with van der Waals surface area (Å²) in [4.78, 5) is 11.5. The minimum Gasteiger partial charge on any atom is -0.460 e. The maximum atomic E-state index is 11.5. The van der Waals surface area contributed by atoms with Crippen LogP contribution in [0.1, 0.15) is 12.8 Å². The first-order valence-electron chi connectivity index (χ1n) is 7.61. The molecule has 0 aromatic rings. The molecular weight excluding hydrogens is 304 g/mol. The highest BCUT2D eigenvalue weighted by molar-refractivity contribution is 6.60. The molecule has 0 fully saturated rings. The second kappa shape index (κ2) is 11.1. The highest BCUT2D eigenvalue weighted by atomic mass is 28.4. The molecule has 0 rings (SSSR count). The zero-order valence-corrected chi connectivity index (χ0v) is 15.9. The summed E-state index contributed by atoms with van der Waals surface area (Å²) < 4.78 is 22.0. The smallest absolute Gasteiger partial charge is 0.460 e. The summed E-state index contributed by atoms with van der Waals surface area (Å²) in [5.41, 5.74) is 0. The number of carbonyl (C=O) groups excluding carboxylic acids is 1. The normalized spacial score (nSPS) is 12.5. The molecule has 0 spiro atoms. The Hall–Kier alpha value is -0.513. The molecule has 0 saturated heterocycles. The van der Waals surface area contributed by atoms with Crippen LogP contribution in [0.15, 0.2) is 0 Å². The maximum absolute atomic E-state index is 11.5. The van der Waals surface area contributed by atoms with Gasteiger partial charge in [-0.05, 0) is 13.0 Å². The topological polar surface area (TPSA) is 66.0 Å². The van der Waals surface area contributed by atoms with Crippen LogP contribution in [0.4, 0.5) is 0 Å². The van der Waals surface area contributed by atoms with Crippen molar-refractivity contribution < 1.29 is 27.3 Å². The third kappa shape index (κ3) is 10.3. The highest BCUT2D eigenvalue weighted by Crippen LogP contribution is 2.14. The quantitative estimate of drug-likeness (QED) is 0.228. The van der Waals surface area contributed by atoms with Crippen LogP contribution in [-0.4, -0.2) is 88.0 Å². The maximum Gasteiger partial charge on any atom is 0.500 e. The molecule has 22 heavy (non-hydrogen) atoms. The minimum atomic E-state index is -2.47. The van der Waals surface area contributed by atoms with Crippen LogP contribution < -0.4 is 5.32 Å². The van der Waals surface area contributed by atoms with Gasteiger partial charge in [0.15, 0.2) is 0 Å². The van der Waals surface area contributed by atoms with E-state index in [-0.39, 0.29) is 5.97 Å². The fourth-order valence-electron chi connectivity index (χ4n) is 1.81. The van der Waals surface area contributed by atoms with Gasteiger partial charge in [-0.25, -0.2) is 0 Å². The number of ether oxygens (including phenoxy) is 1. The highest BCUT2D eigenvalue weighted by Gasteiger charge is 2.36. The molecule has 0 atom stereocenters. The third-order valence-electron chi connectivity index (χ3n) is 3.30. The summed E-state index contributed by atoms with van der Waals surface area (Å²) in [6.45, 7) is 2.69. The third-order valence-corrected chi connectivity index (χ3v) is 6.13. The Kier molecular flexibility index (Phi) is 10.8. The first-order chi connectivity index (χ1) is 10.3. The summed E-state index contributed by atoms with van der Waals surface area (Å²) in [6.07, 6.45) is 1.26. The largest absolute Gasteiger partial charge is 0.500 e. The van der Waals surface area contributed by atoms with Crippen molar-refractivity contribution >= 4 is 14.8 Å². The lowest BCUT2D eigenvalue weighted by atomic mass is 10.4. The van der Waals surface area contributed by atoms with Gasteiger partial charge in [0, 0.05) is 33.9 Å². The van der Waals surface area contributed by atoms with Crippen LogP contribution in [0.25, 0.3) is 0 Å². The van der Waals surface area contributed by atoms with Crippen molar-refractivity contribution in [3.05, 3.63) is 0 Å². The van der Waals surface area contributed by atoms with E-state index >= 15 is 0 Å². The standard InChI is InChI=1S/C14H33N2O5Si/c1-16(2,3)11-12-21-14(17)8-10-15-9-7-13-22(18-4,19-5)20-6/h15H,7-13H2,1-6H3/q+1. The van der Waals surface area contributed by atoms with Gasteiger partial charge in [0.05, 0.1) is 27.6 Å². The lowest BCUT2D eigenvalue weighted by molar-refractivity contribution is -0.870. The molecule has 8 heteroatoms. The Bertz CT molecular complexity index is 298. The number of nitrogens with zero attached hydrogens (tertiary/aromatic N) is 1. The van der Waals surface area contributed by atoms with Crippen LogP contribution in [0.2, 0.25) is 6.04 Å². The molecule has 0 bridgehead atoms. The van der Waals surface area contributed by atoms with Gasteiger partial charge < -0.3 is 27.8 Å². The van der Waals surface area contributed by atoms with Gasteiger partial charge in [0.2, 0.25) is 0 Å². The molecule has 0 aliphatic carbocycles. The molecule has 7 nitrogen and oxygen atoms in total. The zero-order valence-electron chi connectivity index (χ0n) is 14.9. The van der Waals surface area contributed by atoms with Crippen LogP contribution in [0.5, 0.6) is 0 Å². The number of esters is 1. The van der Waals surface area contributed by atoms with Crippen molar-refractivity contribution in [1.29, 1.82) is 0 Å². The van der Waals surface area contributed by atoms with E-state index in [0.717, 1.165) is 30.0 Å². The lowest BCUT2D eigenvalue weighted by Gasteiger charge is -2.24. The molecule has 0 unspecified atom stereocenters. The summed E-state index contributed by atoms with van der Waals surface area (Å²) >= 11 is 0. The van der Waals surface area contributed by atoms with Crippen molar-refractivity contribution in [2.75, 3.05) is 68.7 Å². The Balaban J connectivity index is 3.63. The van der Waals surface area contributed by atoms with Gasteiger partial charge >= 0.3 is 14.8 Å². The van der Waals surface area contributed by atoms with E-state index < -0.39 is 8.80 Å². The lowest BCUT2D eigenvalue weighted by Crippen LogP contribution is -2.43. The fourth-order valence-corrected chi connectivity index (χ4v) is 3.53. The van der Waals surface area contributed by atoms with E-state index in [1.807, 2.05) is 0 Å².